The van der Waals surface area contributed by atoms with Gasteiger partial charge in [-0.3, -0.25) is 4.90 Å². The first-order chi connectivity index (χ1) is 17.0. The maximum atomic E-state index is 12.8. The zero-order valence-electron chi connectivity index (χ0n) is 22.0. The molecular formula is C27H33N7O2. The lowest BCUT2D eigenvalue weighted by atomic mass is 10.1. The molecule has 0 radical (unpaired) electrons. The van der Waals surface area contributed by atoms with Crippen molar-refractivity contribution in [3.8, 4) is 11.4 Å². The fourth-order valence-electron chi connectivity index (χ4n) is 4.89. The van der Waals surface area contributed by atoms with E-state index in [-0.39, 0.29) is 18.2 Å². The monoisotopic (exact) mass is 487 g/mol. The van der Waals surface area contributed by atoms with Crippen LogP contribution in [-0.4, -0.2) is 66.3 Å². The number of aromatic nitrogens is 5. The molecule has 9 heteroatoms. The zero-order chi connectivity index (χ0) is 25.8. The number of ether oxygens (including phenoxy) is 1. The van der Waals surface area contributed by atoms with Crippen LogP contribution in [0.5, 0.6) is 0 Å². The maximum absolute atomic E-state index is 12.8. The second kappa shape index (κ2) is 8.72. The Hall–Kier alpha value is -3.75. The van der Waals surface area contributed by atoms with Gasteiger partial charge in [-0.1, -0.05) is 0 Å². The van der Waals surface area contributed by atoms with Crippen molar-refractivity contribution in [1.29, 1.82) is 0 Å². The van der Waals surface area contributed by atoms with Crippen LogP contribution in [0.2, 0.25) is 0 Å². The Kier molecular flexibility index (Phi) is 5.81. The third-order valence-electron chi connectivity index (χ3n) is 6.41. The Morgan fingerprint density at radius 1 is 1.03 bits per heavy atom. The van der Waals surface area contributed by atoms with E-state index >= 15 is 0 Å². The molecule has 1 amide bonds. The molecule has 0 unspecified atom stereocenters. The SMILES string of the molecule is Cc1cn2nc(-c3ccc4cc(N5C[C@@H](C)N(C(=O)OC(C)(C)C)[C@@H](C)C5)cnc4n3)cc(C)c2n1. The van der Waals surface area contributed by atoms with E-state index in [9.17, 15) is 4.79 Å². The summed E-state index contributed by atoms with van der Waals surface area (Å²) in [6, 6.07) is 8.17. The molecule has 5 heterocycles. The van der Waals surface area contributed by atoms with E-state index in [4.69, 9.17) is 14.8 Å². The van der Waals surface area contributed by atoms with Crippen molar-refractivity contribution in [1.82, 2.24) is 29.5 Å². The molecule has 188 valence electrons. The molecule has 9 nitrogen and oxygen atoms in total. The number of pyridine rings is 2. The van der Waals surface area contributed by atoms with Crippen LogP contribution in [0.1, 0.15) is 45.9 Å². The van der Waals surface area contributed by atoms with Crippen LogP contribution in [-0.2, 0) is 4.74 Å². The summed E-state index contributed by atoms with van der Waals surface area (Å²) in [5.74, 6) is 0. The third kappa shape index (κ3) is 4.57. The Balaban J connectivity index is 1.38. The van der Waals surface area contributed by atoms with Crippen molar-refractivity contribution < 1.29 is 9.53 Å². The Morgan fingerprint density at radius 2 is 1.75 bits per heavy atom. The lowest BCUT2D eigenvalue weighted by molar-refractivity contribution is 0.00566. The molecule has 4 aromatic heterocycles. The first-order valence-corrected chi connectivity index (χ1v) is 12.4. The smallest absolute Gasteiger partial charge is 0.410 e. The standard InChI is InChI=1S/C27H33N7O2/c1-16-10-23(31-33-13-17(2)29-25(16)33)22-9-8-20-11-21(12-28-24(20)30-22)32-14-18(3)34(19(4)15-32)26(35)36-27(5,6)7/h8-13,18-19H,14-15H2,1-7H3/t18-,19+. The number of amides is 1. The molecule has 4 aromatic rings. The number of aryl methyl sites for hydroxylation is 2. The normalized spacial score (nSPS) is 18.8. The highest BCUT2D eigenvalue weighted by Gasteiger charge is 2.35. The lowest BCUT2D eigenvalue weighted by Gasteiger charge is -2.45. The maximum Gasteiger partial charge on any atom is 0.410 e. The predicted octanol–water partition coefficient (Wildman–Crippen LogP) is 4.79. The van der Waals surface area contributed by atoms with Gasteiger partial charge < -0.3 is 9.64 Å². The van der Waals surface area contributed by atoms with E-state index in [1.54, 1.807) is 0 Å². The molecule has 5 rings (SSSR count). The highest BCUT2D eigenvalue weighted by molar-refractivity contribution is 5.81. The summed E-state index contributed by atoms with van der Waals surface area (Å²) in [4.78, 5) is 30.9. The summed E-state index contributed by atoms with van der Waals surface area (Å²) < 4.78 is 7.44. The number of hydrogen-bond donors (Lipinski definition) is 0. The molecule has 1 fully saturated rings. The van der Waals surface area contributed by atoms with Crippen molar-refractivity contribution in [2.45, 2.75) is 66.2 Å². The molecule has 1 aliphatic rings. The molecule has 1 saturated heterocycles. The Bertz CT molecular complexity index is 1440. The fraction of sp³-hybridized carbons (Fsp3) is 0.444. The second-order valence-electron chi connectivity index (χ2n) is 10.8. The highest BCUT2D eigenvalue weighted by Crippen LogP contribution is 2.27. The quantitative estimate of drug-likeness (QED) is 0.402. The Labute approximate surface area is 211 Å². The van der Waals surface area contributed by atoms with Crippen LogP contribution in [0.4, 0.5) is 10.5 Å². The predicted molar refractivity (Wildman–Crippen MR) is 140 cm³/mol. The molecule has 2 atom stereocenters. The number of anilines is 1. The van der Waals surface area contributed by atoms with Crippen LogP contribution in [0.15, 0.2) is 36.7 Å². The number of rotatable bonds is 2. The molecule has 36 heavy (non-hydrogen) atoms. The fourth-order valence-corrected chi connectivity index (χ4v) is 4.89. The summed E-state index contributed by atoms with van der Waals surface area (Å²) in [5, 5.41) is 5.66. The van der Waals surface area contributed by atoms with Gasteiger partial charge in [-0.05, 0) is 78.3 Å². The minimum Gasteiger partial charge on any atom is -0.444 e. The van der Waals surface area contributed by atoms with Crippen molar-refractivity contribution in [3.63, 3.8) is 0 Å². The highest BCUT2D eigenvalue weighted by atomic mass is 16.6. The van der Waals surface area contributed by atoms with Crippen LogP contribution in [0, 0.1) is 13.8 Å². The van der Waals surface area contributed by atoms with E-state index in [2.05, 4.69) is 34.8 Å². The minimum absolute atomic E-state index is 0.0100. The van der Waals surface area contributed by atoms with Crippen molar-refractivity contribution in [2.75, 3.05) is 18.0 Å². The van der Waals surface area contributed by atoms with Crippen molar-refractivity contribution in [3.05, 3.63) is 47.9 Å². The topological polar surface area (TPSA) is 88.8 Å². The van der Waals surface area contributed by atoms with Gasteiger partial charge in [0.05, 0.1) is 41.6 Å². The van der Waals surface area contributed by atoms with Gasteiger partial charge in [-0.25, -0.2) is 24.3 Å². The van der Waals surface area contributed by atoms with E-state index in [1.165, 1.54) is 0 Å². The number of nitrogens with zero attached hydrogens (tertiary/aromatic N) is 7. The molecule has 0 bridgehead atoms. The van der Waals surface area contributed by atoms with Crippen LogP contribution >= 0.6 is 0 Å². The van der Waals surface area contributed by atoms with Gasteiger partial charge in [0.1, 0.15) is 11.3 Å². The van der Waals surface area contributed by atoms with E-state index in [1.807, 2.05) is 74.6 Å². The van der Waals surface area contributed by atoms with Gasteiger partial charge in [-0.2, -0.15) is 5.10 Å². The number of piperazine rings is 1. The van der Waals surface area contributed by atoms with E-state index < -0.39 is 5.60 Å². The third-order valence-corrected chi connectivity index (χ3v) is 6.41. The largest absolute Gasteiger partial charge is 0.444 e. The molecule has 0 spiro atoms. The molecular weight excluding hydrogens is 454 g/mol. The number of imidazole rings is 1. The summed E-state index contributed by atoms with van der Waals surface area (Å²) in [6.07, 6.45) is 3.52. The number of carbonyl (C=O) groups is 1. The summed E-state index contributed by atoms with van der Waals surface area (Å²) >= 11 is 0. The Morgan fingerprint density at radius 3 is 2.44 bits per heavy atom. The average molecular weight is 488 g/mol. The van der Waals surface area contributed by atoms with Crippen LogP contribution < -0.4 is 4.90 Å². The average Bonchev–Trinajstić information content (AvgIpc) is 3.17. The summed E-state index contributed by atoms with van der Waals surface area (Å²) in [6.45, 7) is 15.2. The van der Waals surface area contributed by atoms with Crippen molar-refractivity contribution in [2.24, 2.45) is 0 Å². The van der Waals surface area contributed by atoms with Gasteiger partial charge in [0, 0.05) is 18.5 Å². The molecule has 0 aromatic carbocycles. The van der Waals surface area contributed by atoms with Crippen LogP contribution in [0.3, 0.4) is 0 Å². The molecule has 0 aliphatic carbocycles. The van der Waals surface area contributed by atoms with Gasteiger partial charge in [0.2, 0.25) is 0 Å². The van der Waals surface area contributed by atoms with Crippen molar-refractivity contribution >= 4 is 28.5 Å². The van der Waals surface area contributed by atoms with E-state index in [0.29, 0.717) is 18.7 Å². The van der Waals surface area contributed by atoms with Gasteiger partial charge in [0.25, 0.3) is 0 Å². The molecule has 0 saturated carbocycles. The first kappa shape index (κ1) is 24.0. The second-order valence-corrected chi connectivity index (χ2v) is 10.8. The zero-order valence-corrected chi connectivity index (χ0v) is 22.0. The minimum atomic E-state index is -0.514. The van der Waals surface area contributed by atoms with Gasteiger partial charge in [-0.15, -0.1) is 0 Å². The first-order valence-electron chi connectivity index (χ1n) is 12.4. The molecule has 0 N–H and O–H groups in total. The molecule has 1 aliphatic heterocycles. The van der Waals surface area contributed by atoms with Crippen LogP contribution in [0.25, 0.3) is 28.1 Å². The number of fused-ring (bicyclic) bond motifs is 2. The van der Waals surface area contributed by atoms with E-state index in [0.717, 1.165) is 39.4 Å². The summed E-state index contributed by atoms with van der Waals surface area (Å²) in [7, 11) is 0. The van der Waals surface area contributed by atoms with Gasteiger partial charge >= 0.3 is 6.09 Å². The number of hydrogen-bond acceptors (Lipinski definition) is 7. The lowest BCUT2D eigenvalue weighted by Crippen LogP contribution is -2.59. The summed E-state index contributed by atoms with van der Waals surface area (Å²) in [5.41, 5.74) is 5.56. The van der Waals surface area contributed by atoms with Gasteiger partial charge in [0.15, 0.2) is 11.3 Å². The number of carbonyl (C=O) groups excluding carboxylic acids is 1.